The molecule has 0 spiro atoms. The minimum absolute atomic E-state index is 0.152. The average Bonchev–Trinajstić information content (AvgIpc) is 2.35. The van der Waals surface area contributed by atoms with E-state index in [2.05, 4.69) is 0 Å². The lowest BCUT2D eigenvalue weighted by molar-refractivity contribution is -0.138. The maximum atomic E-state index is 10.9. The number of carbonyl (C=O) groups is 1. The molecule has 1 aromatic carbocycles. The van der Waals surface area contributed by atoms with Crippen molar-refractivity contribution in [1.82, 2.24) is 0 Å². The number of nitrogens with two attached hydrogens (primary N) is 1. The summed E-state index contributed by atoms with van der Waals surface area (Å²) >= 11 is 0. The van der Waals surface area contributed by atoms with Crippen molar-refractivity contribution in [3.63, 3.8) is 0 Å². The minimum atomic E-state index is -4.07. The molecule has 6 nitrogen and oxygen atoms in total. The first-order valence-corrected chi connectivity index (χ1v) is 8.16. The molecular formula is C13H20NO5P. The molecule has 5 N–H and O–H groups in total. The van der Waals surface area contributed by atoms with Crippen LogP contribution in [0.5, 0.6) is 0 Å². The highest BCUT2D eigenvalue weighted by Gasteiger charge is 2.17. The summed E-state index contributed by atoms with van der Waals surface area (Å²) in [5.41, 5.74) is 8.06. The maximum Gasteiger partial charge on any atom is 0.325 e. The van der Waals surface area contributed by atoms with Crippen LogP contribution in [0.3, 0.4) is 0 Å². The summed E-state index contributed by atoms with van der Waals surface area (Å²) < 4.78 is 10.9. The van der Waals surface area contributed by atoms with Gasteiger partial charge in [-0.2, -0.15) is 0 Å². The van der Waals surface area contributed by atoms with Gasteiger partial charge in [0.2, 0.25) is 0 Å². The largest absolute Gasteiger partial charge is 0.480 e. The van der Waals surface area contributed by atoms with Gasteiger partial charge in [-0.1, -0.05) is 25.1 Å². The second-order valence-electron chi connectivity index (χ2n) is 4.74. The molecule has 0 aliphatic rings. The first kappa shape index (κ1) is 16.9. The fourth-order valence-corrected chi connectivity index (χ4v) is 2.46. The van der Waals surface area contributed by atoms with E-state index in [1.54, 1.807) is 6.07 Å². The Morgan fingerprint density at radius 1 is 1.35 bits per heavy atom. The van der Waals surface area contributed by atoms with Gasteiger partial charge in [0.1, 0.15) is 6.04 Å². The smallest absolute Gasteiger partial charge is 0.325 e. The van der Waals surface area contributed by atoms with Crippen LogP contribution in [0.2, 0.25) is 0 Å². The Bertz CT molecular complexity index is 525. The molecule has 0 aliphatic heterocycles. The number of rotatable bonds is 7. The van der Waals surface area contributed by atoms with Gasteiger partial charge in [-0.15, -0.1) is 0 Å². The van der Waals surface area contributed by atoms with Crippen LogP contribution >= 0.6 is 7.60 Å². The van der Waals surface area contributed by atoms with Gasteiger partial charge in [0.25, 0.3) is 0 Å². The Kier molecular flexibility index (Phi) is 5.89. The van der Waals surface area contributed by atoms with E-state index < -0.39 is 19.6 Å². The summed E-state index contributed by atoms with van der Waals surface area (Å²) in [5.74, 6) is -1.09. The molecule has 0 fully saturated rings. The van der Waals surface area contributed by atoms with Crippen molar-refractivity contribution in [2.45, 2.75) is 32.2 Å². The molecule has 20 heavy (non-hydrogen) atoms. The molecule has 0 radical (unpaired) electrons. The zero-order valence-electron chi connectivity index (χ0n) is 11.3. The molecule has 1 aromatic rings. The van der Waals surface area contributed by atoms with Crippen LogP contribution in [0.15, 0.2) is 18.2 Å². The molecule has 0 aliphatic carbocycles. The van der Waals surface area contributed by atoms with Crippen LogP contribution in [0.1, 0.15) is 23.6 Å². The normalized spacial score (nSPS) is 13.2. The lowest BCUT2D eigenvalue weighted by Gasteiger charge is -2.14. The fourth-order valence-electron chi connectivity index (χ4n) is 1.92. The Balaban J connectivity index is 2.97. The van der Waals surface area contributed by atoms with Crippen molar-refractivity contribution < 1.29 is 24.3 Å². The van der Waals surface area contributed by atoms with Gasteiger partial charge in [0.05, 0.1) is 6.16 Å². The second-order valence-corrected chi connectivity index (χ2v) is 6.52. The van der Waals surface area contributed by atoms with E-state index in [9.17, 15) is 9.36 Å². The third-order valence-electron chi connectivity index (χ3n) is 3.11. The lowest BCUT2D eigenvalue weighted by Crippen LogP contribution is -2.32. The monoisotopic (exact) mass is 301 g/mol. The third kappa shape index (κ3) is 5.43. The summed E-state index contributed by atoms with van der Waals surface area (Å²) in [4.78, 5) is 28.7. The van der Waals surface area contributed by atoms with Gasteiger partial charge in [0.15, 0.2) is 0 Å². The molecule has 0 saturated carbocycles. The topological polar surface area (TPSA) is 121 Å². The molecule has 1 atom stereocenters. The molecule has 0 unspecified atom stereocenters. The van der Waals surface area contributed by atoms with Crippen LogP contribution in [0, 0.1) is 0 Å². The molecule has 0 saturated heterocycles. The van der Waals surface area contributed by atoms with E-state index in [0.29, 0.717) is 0 Å². The first-order valence-electron chi connectivity index (χ1n) is 6.36. The number of hydrogen-bond donors (Lipinski definition) is 4. The van der Waals surface area contributed by atoms with E-state index in [0.717, 1.165) is 23.1 Å². The lowest BCUT2D eigenvalue weighted by atomic mass is 9.96. The van der Waals surface area contributed by atoms with Gasteiger partial charge < -0.3 is 20.6 Å². The number of aliphatic carboxylic acids is 1. The maximum absolute atomic E-state index is 10.9. The Labute approximate surface area is 117 Å². The Morgan fingerprint density at radius 3 is 2.50 bits per heavy atom. The predicted molar refractivity (Wildman–Crippen MR) is 75.8 cm³/mol. The van der Waals surface area contributed by atoms with E-state index in [1.807, 2.05) is 19.1 Å². The summed E-state index contributed by atoms with van der Waals surface area (Å²) in [6.07, 6.45) is 0.900. The molecule has 0 heterocycles. The third-order valence-corrected chi connectivity index (χ3v) is 3.91. The number of benzene rings is 1. The quantitative estimate of drug-likeness (QED) is 0.556. The first-order chi connectivity index (χ1) is 9.23. The fraction of sp³-hybridized carbons (Fsp3) is 0.462. The highest BCUT2D eigenvalue weighted by Crippen LogP contribution is 2.35. The highest BCUT2D eigenvalue weighted by atomic mass is 31.2. The summed E-state index contributed by atoms with van der Waals surface area (Å²) in [6, 6.07) is 4.51. The zero-order chi connectivity index (χ0) is 15.3. The van der Waals surface area contributed by atoms with Gasteiger partial charge in [-0.3, -0.25) is 9.36 Å². The van der Waals surface area contributed by atoms with Crippen molar-refractivity contribution in [2.24, 2.45) is 5.73 Å². The van der Waals surface area contributed by atoms with Crippen LogP contribution in [0.25, 0.3) is 0 Å². The van der Waals surface area contributed by atoms with Gasteiger partial charge in [-0.05, 0) is 36.0 Å². The standard InChI is InChI=1S/C13H20NO5P/c1-2-9-3-4-10(5-6-20(17,18)19)11(7-9)8-12(14)13(15)16/h3-4,7,12H,2,5-6,8,14H2,1H3,(H,15,16)(H2,17,18,19)/t12-/m0/s1. The minimum Gasteiger partial charge on any atom is -0.480 e. The van der Waals surface area contributed by atoms with Gasteiger partial charge >= 0.3 is 13.6 Å². The molecular weight excluding hydrogens is 281 g/mol. The van der Waals surface area contributed by atoms with Crippen molar-refractivity contribution in [3.05, 3.63) is 34.9 Å². The second kappa shape index (κ2) is 6.99. The van der Waals surface area contributed by atoms with E-state index in [-0.39, 0.29) is 19.0 Å². The van der Waals surface area contributed by atoms with Crippen LogP contribution < -0.4 is 5.73 Å². The number of aryl methyl sites for hydroxylation is 2. The molecule has 0 bridgehead atoms. The van der Waals surface area contributed by atoms with E-state index >= 15 is 0 Å². The molecule has 112 valence electrons. The van der Waals surface area contributed by atoms with Crippen molar-refractivity contribution in [2.75, 3.05) is 6.16 Å². The number of carboxylic acid groups (broad SMARTS) is 1. The summed E-state index contributed by atoms with van der Waals surface area (Å²) in [6.45, 7) is 1.98. The van der Waals surface area contributed by atoms with E-state index in [1.165, 1.54) is 0 Å². The van der Waals surface area contributed by atoms with Crippen LogP contribution in [0.4, 0.5) is 0 Å². The molecule has 0 amide bonds. The predicted octanol–water partition coefficient (Wildman–Crippen LogP) is 0.924. The molecule has 1 rings (SSSR count). The SMILES string of the molecule is CCc1ccc(CCP(=O)(O)O)c(C[C@H](N)C(=O)O)c1. The highest BCUT2D eigenvalue weighted by molar-refractivity contribution is 7.51. The Morgan fingerprint density at radius 2 is 2.00 bits per heavy atom. The molecule has 7 heteroatoms. The number of carboxylic acids is 1. The van der Waals surface area contributed by atoms with Crippen molar-refractivity contribution in [3.8, 4) is 0 Å². The Hall–Kier alpha value is -1.20. The summed E-state index contributed by atoms with van der Waals surface area (Å²) in [5, 5.41) is 8.87. The number of hydrogen-bond acceptors (Lipinski definition) is 3. The molecule has 0 aromatic heterocycles. The van der Waals surface area contributed by atoms with E-state index in [4.69, 9.17) is 20.6 Å². The zero-order valence-corrected chi connectivity index (χ0v) is 12.2. The van der Waals surface area contributed by atoms with Gasteiger partial charge in [0, 0.05) is 0 Å². The van der Waals surface area contributed by atoms with Crippen molar-refractivity contribution >= 4 is 13.6 Å². The summed E-state index contributed by atoms with van der Waals surface area (Å²) in [7, 11) is -4.07. The van der Waals surface area contributed by atoms with Crippen molar-refractivity contribution in [1.29, 1.82) is 0 Å². The van der Waals surface area contributed by atoms with Crippen LogP contribution in [-0.4, -0.2) is 33.1 Å². The average molecular weight is 301 g/mol. The van der Waals surface area contributed by atoms with Gasteiger partial charge in [-0.25, -0.2) is 0 Å². The van der Waals surface area contributed by atoms with Crippen LogP contribution in [-0.2, 0) is 28.6 Å².